The van der Waals surface area contributed by atoms with E-state index in [1.807, 2.05) is 64.0 Å². The van der Waals surface area contributed by atoms with Crippen molar-refractivity contribution >= 4 is 27.2 Å². The minimum atomic E-state index is -3.06. The van der Waals surface area contributed by atoms with Crippen LogP contribution in [0.3, 0.4) is 0 Å². The second kappa shape index (κ2) is 26.3. The van der Waals surface area contributed by atoms with Crippen LogP contribution < -0.4 is 0 Å². The van der Waals surface area contributed by atoms with Crippen LogP contribution >= 0.6 is 0 Å². The molecule has 0 spiro atoms. The molecule has 5 heterocycles. The average molecular weight is 1090 g/mol. The van der Waals surface area contributed by atoms with Crippen LogP contribution in [0.2, 0.25) is 0 Å². The van der Waals surface area contributed by atoms with E-state index in [9.17, 15) is 37.7 Å². The highest BCUT2D eigenvalue weighted by molar-refractivity contribution is 7.91. The molecule has 0 amide bonds. The van der Waals surface area contributed by atoms with Crippen molar-refractivity contribution in [3.05, 3.63) is 53.4 Å². The number of aromatic nitrogens is 3. The van der Waals surface area contributed by atoms with Gasteiger partial charge in [0.2, 0.25) is 5.78 Å². The van der Waals surface area contributed by atoms with Gasteiger partial charge in [0.15, 0.2) is 28.5 Å². The Bertz CT molecular complexity index is 2360. The maximum atomic E-state index is 14.9. The van der Waals surface area contributed by atoms with E-state index in [4.69, 9.17) is 33.2 Å². The maximum absolute atomic E-state index is 14.9. The van der Waals surface area contributed by atoms with E-state index in [0.717, 1.165) is 16.7 Å². The lowest BCUT2D eigenvalue weighted by Gasteiger charge is -2.48. The van der Waals surface area contributed by atoms with Crippen LogP contribution in [0.25, 0.3) is 5.57 Å². The van der Waals surface area contributed by atoms with Crippen LogP contribution in [0.5, 0.6) is 0 Å². The predicted octanol–water partition coefficient (Wildman–Crippen LogP) is 5.05. The van der Waals surface area contributed by atoms with E-state index in [1.54, 1.807) is 53.8 Å². The topological polar surface area (TPSA) is 231 Å². The van der Waals surface area contributed by atoms with Crippen LogP contribution in [0.1, 0.15) is 130 Å². The Morgan fingerprint density at radius 2 is 1.68 bits per heavy atom. The molecule has 0 saturated carbocycles. The fourth-order valence-corrected chi connectivity index (χ4v) is 12.9. The van der Waals surface area contributed by atoms with Crippen LogP contribution in [0.15, 0.2) is 36.5 Å². The van der Waals surface area contributed by atoms with Gasteiger partial charge in [-0.3, -0.25) is 9.59 Å². The summed E-state index contributed by atoms with van der Waals surface area (Å²) in [5.74, 6) is -3.20. The molecule has 18 atom stereocenters. The first kappa shape index (κ1) is 61.9. The molecule has 4 aliphatic rings. The predicted molar refractivity (Wildman–Crippen MR) is 282 cm³/mol. The number of Topliss-reactive ketones (excluding diaryl/α,β-unsaturated/α-hetero) is 1. The van der Waals surface area contributed by atoms with Gasteiger partial charge in [-0.2, -0.15) is 0 Å². The number of aliphatic hydroxyl groups is 3. The van der Waals surface area contributed by atoms with Gasteiger partial charge in [-0.05, 0) is 104 Å². The summed E-state index contributed by atoms with van der Waals surface area (Å²) in [5, 5.41) is 44.0. The standard InChI is InChI=1S/C55H88FN5O14S/c1-14-44-48(63)47(62)36(6)60(11)30-32(2)27-54(8,66)52(34(4)49(35(5)53(65)73-44)74-46-28-55(9,70-13)51(64)37(7)72-46)75-45-26-42(25-33(3)71-45)59(10)22-19-41-31-61(58-57-41)43(29-56)50(69-12)40-17-15-38(16-18-40)39-20-23-76(67,68)24-21-39/h15-18,20,31-37,42-47,49-52,62,64,66H,14,19,21-30H2,1-13H3/t32-,33-,34+,35-,36-,37+,42+,43-,44-,45+,46+,47-,49+,50-,51+,52-,54-,55-/m1/s1. The Morgan fingerprint density at radius 3 is 2.30 bits per heavy atom. The molecule has 3 N–H and O–H groups in total. The number of alkyl halides is 1. The van der Waals surface area contributed by atoms with E-state index in [2.05, 4.69) is 15.2 Å². The number of ketones is 1. The number of ether oxygens (including phenoxy) is 7. The molecule has 4 aliphatic heterocycles. The number of halogens is 1. The summed E-state index contributed by atoms with van der Waals surface area (Å²) in [7, 11) is 3.79. The quantitative estimate of drug-likeness (QED) is 0.187. The number of nitrogens with zero attached hydrogens (tertiary/aromatic N) is 5. The third kappa shape index (κ3) is 14.9. The number of esters is 1. The van der Waals surface area contributed by atoms with Crippen molar-refractivity contribution in [2.24, 2.45) is 17.8 Å². The molecule has 76 heavy (non-hydrogen) atoms. The zero-order valence-electron chi connectivity index (χ0n) is 47.0. The van der Waals surface area contributed by atoms with E-state index < -0.39 is 119 Å². The smallest absolute Gasteiger partial charge is 0.312 e. The molecular formula is C55H88FN5O14S. The fourth-order valence-electron chi connectivity index (χ4n) is 11.8. The molecule has 1 aromatic heterocycles. The van der Waals surface area contributed by atoms with Gasteiger partial charge in [0.25, 0.3) is 0 Å². The van der Waals surface area contributed by atoms with Crippen molar-refractivity contribution in [1.29, 1.82) is 0 Å². The first-order valence-electron chi connectivity index (χ1n) is 27.1. The molecule has 2 aromatic rings. The van der Waals surface area contributed by atoms with Crippen molar-refractivity contribution in [3.8, 4) is 0 Å². The molecule has 6 rings (SSSR count). The molecule has 0 aliphatic carbocycles. The highest BCUT2D eigenvalue weighted by atomic mass is 32.2. The van der Waals surface area contributed by atoms with Crippen LogP contribution in [0, 0.1) is 17.8 Å². The number of likely N-dealkylation sites (N-methyl/N-ethyl adjacent to an activating group) is 2. The number of cyclic esters (lactones) is 1. The summed E-state index contributed by atoms with van der Waals surface area (Å²) in [5.41, 5.74) is 0.670. The molecule has 0 bridgehead atoms. The molecule has 0 unspecified atom stereocenters. The number of rotatable bonds is 16. The van der Waals surface area contributed by atoms with Crippen molar-refractivity contribution in [1.82, 2.24) is 24.8 Å². The second-order valence-corrected chi connectivity index (χ2v) is 25.0. The molecule has 21 heteroatoms. The third-order valence-electron chi connectivity index (χ3n) is 16.6. The molecule has 0 radical (unpaired) electrons. The molecule has 1 aromatic carbocycles. The van der Waals surface area contributed by atoms with Crippen molar-refractivity contribution in [2.75, 3.05) is 59.6 Å². The first-order valence-corrected chi connectivity index (χ1v) is 29.0. The van der Waals surface area contributed by atoms with Gasteiger partial charge in [0.05, 0.1) is 58.7 Å². The number of hydrogen-bond donors (Lipinski definition) is 3. The van der Waals surface area contributed by atoms with Crippen molar-refractivity contribution in [2.45, 2.75) is 198 Å². The molecule has 430 valence electrons. The van der Waals surface area contributed by atoms with Crippen molar-refractivity contribution < 1.29 is 70.9 Å². The Balaban J connectivity index is 1.21. The highest BCUT2D eigenvalue weighted by Crippen LogP contribution is 2.40. The molecule has 19 nitrogen and oxygen atoms in total. The minimum absolute atomic E-state index is 0.0172. The van der Waals surface area contributed by atoms with Crippen LogP contribution in [-0.4, -0.2) is 198 Å². The first-order chi connectivity index (χ1) is 35.7. The van der Waals surface area contributed by atoms with Crippen molar-refractivity contribution in [3.63, 3.8) is 0 Å². The number of allylic oxidation sites excluding steroid dienone is 1. The third-order valence-corrected chi connectivity index (χ3v) is 18.1. The van der Waals surface area contributed by atoms with Gasteiger partial charge >= 0.3 is 5.97 Å². The monoisotopic (exact) mass is 1090 g/mol. The van der Waals surface area contributed by atoms with E-state index in [1.165, 1.54) is 18.9 Å². The lowest BCUT2D eigenvalue weighted by molar-refractivity contribution is -0.308. The van der Waals surface area contributed by atoms with Gasteiger partial charge in [-0.1, -0.05) is 56.3 Å². The summed E-state index contributed by atoms with van der Waals surface area (Å²) in [6.07, 6.45) is -3.13. The SMILES string of the molecule is CC[C@H]1OC(=O)[C@H](C)[C@@H](O[C@H]2C[C@@](C)(OC)[C@@H](O)[C@H](C)O2)[C@H](C)[C@@H](O[C@H]2C[C@@H](N(C)CCc3cn([C@H](CF)[C@H](OC)c4ccc(C5=CCS(=O)(=O)CC5)cc4)nn3)C[C@@H](C)O2)[C@](C)(O)C[C@@H](C)CN(C)[C@H](C)[C@@H](O)C1=O. The number of sulfone groups is 1. The summed E-state index contributed by atoms with van der Waals surface area (Å²) in [6, 6.07) is 6.09. The van der Waals surface area contributed by atoms with E-state index in [0.29, 0.717) is 44.5 Å². The Hall–Kier alpha value is -3.32. The lowest BCUT2D eigenvalue weighted by atomic mass is 9.77. The lowest BCUT2D eigenvalue weighted by Crippen LogP contribution is -2.59. The number of carbonyl (C=O) groups is 2. The number of methoxy groups -OCH3 is 2. The Morgan fingerprint density at radius 1 is 0.987 bits per heavy atom. The van der Waals surface area contributed by atoms with Gasteiger partial charge in [0.1, 0.15) is 31.0 Å². The fraction of sp³-hybridized carbons (Fsp3) is 0.782. The number of carbonyl (C=O) groups excluding carboxylic acids is 2. The van der Waals surface area contributed by atoms with Gasteiger partial charge in [-0.15, -0.1) is 5.10 Å². The summed E-state index contributed by atoms with van der Waals surface area (Å²) >= 11 is 0. The summed E-state index contributed by atoms with van der Waals surface area (Å²) < 4.78 is 84.6. The van der Waals surface area contributed by atoms with Crippen LogP contribution in [0.4, 0.5) is 4.39 Å². The molecule has 3 saturated heterocycles. The van der Waals surface area contributed by atoms with Gasteiger partial charge in [0, 0.05) is 70.8 Å². The zero-order valence-corrected chi connectivity index (χ0v) is 47.9. The van der Waals surface area contributed by atoms with E-state index in [-0.39, 0.29) is 48.8 Å². The van der Waals surface area contributed by atoms with E-state index >= 15 is 0 Å². The average Bonchev–Trinajstić information content (AvgIpc) is 3.85. The molecule has 3 fully saturated rings. The van der Waals surface area contributed by atoms with Crippen LogP contribution in [-0.2, 0) is 59.0 Å². The highest BCUT2D eigenvalue weighted by Gasteiger charge is 2.51. The summed E-state index contributed by atoms with van der Waals surface area (Å²) in [6.45, 7) is 16.3. The number of aliphatic hydroxyl groups excluding tert-OH is 2. The molecular weight excluding hydrogens is 1010 g/mol. The Labute approximate surface area is 450 Å². The minimum Gasteiger partial charge on any atom is -0.454 e. The number of hydrogen-bond acceptors (Lipinski definition) is 18. The second-order valence-electron chi connectivity index (χ2n) is 22.8. The normalized spacial score (nSPS) is 37.4. The van der Waals surface area contributed by atoms with Gasteiger partial charge in [-0.25, -0.2) is 17.5 Å². The summed E-state index contributed by atoms with van der Waals surface area (Å²) in [4.78, 5) is 32.2. The largest absolute Gasteiger partial charge is 0.454 e. The maximum Gasteiger partial charge on any atom is 0.312 e. The zero-order chi connectivity index (χ0) is 56.0. The number of benzene rings is 1. The van der Waals surface area contributed by atoms with Gasteiger partial charge < -0.3 is 58.3 Å². The Kier molecular flexibility index (Phi) is 21.4.